The number of carbonyl (C=O) groups excluding carboxylic acids is 1. The SMILES string of the molecule is CC1=NO[C@@](C)(C(=O)NCc2cccc(CN(C)C)c2)C1. The van der Waals surface area contributed by atoms with Crippen molar-refractivity contribution in [3.05, 3.63) is 35.4 Å². The number of rotatable bonds is 5. The topological polar surface area (TPSA) is 53.9 Å². The van der Waals surface area contributed by atoms with E-state index in [2.05, 4.69) is 27.5 Å². The van der Waals surface area contributed by atoms with E-state index in [4.69, 9.17) is 4.84 Å². The maximum atomic E-state index is 12.2. The third-order valence-corrected chi connectivity index (χ3v) is 3.42. The summed E-state index contributed by atoms with van der Waals surface area (Å²) in [6.45, 7) is 5.02. The van der Waals surface area contributed by atoms with Gasteiger partial charge in [0.05, 0.1) is 5.71 Å². The lowest BCUT2D eigenvalue weighted by Gasteiger charge is -2.20. The summed E-state index contributed by atoms with van der Waals surface area (Å²) in [5.74, 6) is -0.124. The lowest BCUT2D eigenvalue weighted by Crippen LogP contribution is -2.44. The van der Waals surface area contributed by atoms with E-state index in [0.29, 0.717) is 13.0 Å². The first-order valence-electron chi connectivity index (χ1n) is 7.11. The molecule has 0 saturated heterocycles. The summed E-state index contributed by atoms with van der Waals surface area (Å²) in [6.07, 6.45) is 0.541. The Morgan fingerprint density at radius 1 is 1.43 bits per heavy atom. The standard InChI is InChI=1S/C16H23N3O2/c1-12-9-16(2,21-18-12)15(20)17-10-13-6-5-7-14(8-13)11-19(3)4/h5-8H,9-11H2,1-4H3,(H,17,20)/t16-/m1/s1. The molecule has 0 unspecified atom stereocenters. The van der Waals surface area contributed by atoms with Crippen LogP contribution in [-0.4, -0.2) is 36.2 Å². The van der Waals surface area contributed by atoms with Gasteiger partial charge in [-0.1, -0.05) is 29.4 Å². The highest BCUT2D eigenvalue weighted by atomic mass is 16.7. The molecule has 1 amide bonds. The Hall–Kier alpha value is -1.88. The number of oxime groups is 1. The summed E-state index contributed by atoms with van der Waals surface area (Å²) in [7, 11) is 4.07. The van der Waals surface area contributed by atoms with Gasteiger partial charge in [0.1, 0.15) is 0 Å². The Morgan fingerprint density at radius 2 is 2.14 bits per heavy atom. The number of nitrogens with one attached hydrogen (secondary N) is 1. The monoisotopic (exact) mass is 289 g/mol. The predicted molar refractivity (Wildman–Crippen MR) is 82.9 cm³/mol. The van der Waals surface area contributed by atoms with Gasteiger partial charge in [-0.3, -0.25) is 4.79 Å². The molecular formula is C16H23N3O2. The van der Waals surface area contributed by atoms with Crippen LogP contribution in [0, 0.1) is 0 Å². The van der Waals surface area contributed by atoms with Gasteiger partial charge in [-0.25, -0.2) is 0 Å². The van der Waals surface area contributed by atoms with E-state index in [9.17, 15) is 4.79 Å². The molecule has 1 atom stereocenters. The molecule has 0 saturated carbocycles. The van der Waals surface area contributed by atoms with Gasteiger partial charge in [0, 0.05) is 19.5 Å². The highest BCUT2D eigenvalue weighted by Gasteiger charge is 2.40. The predicted octanol–water partition coefficient (Wildman–Crippen LogP) is 1.92. The highest BCUT2D eigenvalue weighted by molar-refractivity contribution is 5.94. The van der Waals surface area contributed by atoms with Gasteiger partial charge >= 0.3 is 0 Å². The first-order chi connectivity index (χ1) is 9.89. The quantitative estimate of drug-likeness (QED) is 0.901. The fourth-order valence-electron chi connectivity index (χ4n) is 2.43. The summed E-state index contributed by atoms with van der Waals surface area (Å²) >= 11 is 0. The van der Waals surface area contributed by atoms with Gasteiger partial charge in [-0.2, -0.15) is 0 Å². The summed E-state index contributed by atoms with van der Waals surface area (Å²) in [5.41, 5.74) is 2.29. The maximum Gasteiger partial charge on any atom is 0.267 e. The molecule has 21 heavy (non-hydrogen) atoms. The molecular weight excluding hydrogens is 266 g/mol. The molecule has 1 aliphatic heterocycles. The molecule has 1 aromatic rings. The molecule has 0 aliphatic carbocycles. The average Bonchev–Trinajstić information content (AvgIpc) is 2.77. The summed E-state index contributed by atoms with van der Waals surface area (Å²) in [4.78, 5) is 19.6. The number of hydrogen-bond acceptors (Lipinski definition) is 4. The van der Waals surface area contributed by atoms with Gasteiger partial charge in [0.15, 0.2) is 0 Å². The minimum Gasteiger partial charge on any atom is -0.379 e. The Kier molecular flexibility index (Phi) is 4.63. The fourth-order valence-corrected chi connectivity index (χ4v) is 2.43. The van der Waals surface area contributed by atoms with Crippen LogP contribution < -0.4 is 5.32 Å². The lowest BCUT2D eigenvalue weighted by molar-refractivity contribution is -0.141. The van der Waals surface area contributed by atoms with Crippen LogP contribution in [0.1, 0.15) is 31.4 Å². The highest BCUT2D eigenvalue weighted by Crippen LogP contribution is 2.23. The van der Waals surface area contributed by atoms with Crippen LogP contribution >= 0.6 is 0 Å². The average molecular weight is 289 g/mol. The van der Waals surface area contributed by atoms with E-state index in [0.717, 1.165) is 17.8 Å². The van der Waals surface area contributed by atoms with Crippen molar-refractivity contribution in [1.29, 1.82) is 0 Å². The molecule has 1 N–H and O–H groups in total. The minimum absolute atomic E-state index is 0.124. The normalized spacial score (nSPS) is 21.1. The Balaban J connectivity index is 1.92. The van der Waals surface area contributed by atoms with Crippen molar-refractivity contribution in [2.75, 3.05) is 14.1 Å². The second-order valence-corrected chi connectivity index (χ2v) is 6.07. The molecule has 1 heterocycles. The van der Waals surface area contributed by atoms with Crippen molar-refractivity contribution < 1.29 is 9.63 Å². The largest absolute Gasteiger partial charge is 0.379 e. The van der Waals surface area contributed by atoms with E-state index < -0.39 is 5.60 Å². The number of nitrogens with zero attached hydrogens (tertiary/aromatic N) is 2. The fraction of sp³-hybridized carbons (Fsp3) is 0.500. The van der Waals surface area contributed by atoms with Crippen molar-refractivity contribution in [1.82, 2.24) is 10.2 Å². The van der Waals surface area contributed by atoms with Gasteiger partial charge in [-0.05, 0) is 39.1 Å². The minimum atomic E-state index is -0.870. The molecule has 0 aromatic heterocycles. The van der Waals surface area contributed by atoms with Crippen LogP contribution in [0.15, 0.2) is 29.4 Å². The zero-order valence-corrected chi connectivity index (χ0v) is 13.1. The van der Waals surface area contributed by atoms with Crippen LogP contribution in [0.5, 0.6) is 0 Å². The Labute approximate surface area is 126 Å². The van der Waals surface area contributed by atoms with Crippen molar-refractivity contribution in [2.24, 2.45) is 5.16 Å². The smallest absolute Gasteiger partial charge is 0.267 e. The van der Waals surface area contributed by atoms with Crippen molar-refractivity contribution in [2.45, 2.75) is 39.0 Å². The molecule has 0 bridgehead atoms. The zero-order valence-electron chi connectivity index (χ0n) is 13.1. The number of amides is 1. The van der Waals surface area contributed by atoms with E-state index in [1.54, 1.807) is 6.92 Å². The second-order valence-electron chi connectivity index (χ2n) is 6.07. The summed E-state index contributed by atoms with van der Waals surface area (Å²) < 4.78 is 0. The van der Waals surface area contributed by atoms with Crippen molar-refractivity contribution in [3.63, 3.8) is 0 Å². The zero-order chi connectivity index (χ0) is 15.5. The van der Waals surface area contributed by atoms with Gasteiger partial charge in [0.25, 0.3) is 5.91 Å². The first kappa shape index (κ1) is 15.5. The van der Waals surface area contributed by atoms with Crippen molar-refractivity contribution >= 4 is 11.6 Å². The Bertz CT molecular complexity index is 554. The third kappa shape index (κ3) is 4.04. The van der Waals surface area contributed by atoms with Crippen molar-refractivity contribution in [3.8, 4) is 0 Å². The number of carbonyl (C=O) groups is 1. The Morgan fingerprint density at radius 3 is 2.76 bits per heavy atom. The van der Waals surface area contributed by atoms with Crippen LogP contribution in [0.4, 0.5) is 0 Å². The van der Waals surface area contributed by atoms with E-state index >= 15 is 0 Å². The number of hydrogen-bond donors (Lipinski definition) is 1. The molecule has 1 aromatic carbocycles. The summed E-state index contributed by atoms with van der Waals surface area (Å²) in [5, 5.41) is 6.79. The van der Waals surface area contributed by atoms with Crippen LogP contribution in [0.3, 0.4) is 0 Å². The third-order valence-electron chi connectivity index (χ3n) is 3.42. The van der Waals surface area contributed by atoms with Crippen LogP contribution in [-0.2, 0) is 22.7 Å². The molecule has 1 aliphatic rings. The first-order valence-corrected chi connectivity index (χ1v) is 7.11. The molecule has 114 valence electrons. The second kappa shape index (κ2) is 6.26. The molecule has 5 nitrogen and oxygen atoms in total. The molecule has 0 fully saturated rings. The van der Waals surface area contributed by atoms with E-state index in [1.165, 1.54) is 5.56 Å². The van der Waals surface area contributed by atoms with Crippen LogP contribution in [0.2, 0.25) is 0 Å². The van der Waals surface area contributed by atoms with Crippen LogP contribution in [0.25, 0.3) is 0 Å². The summed E-state index contributed by atoms with van der Waals surface area (Å²) in [6, 6.07) is 8.23. The molecule has 0 radical (unpaired) electrons. The van der Waals surface area contributed by atoms with E-state index in [-0.39, 0.29) is 5.91 Å². The van der Waals surface area contributed by atoms with Gasteiger partial charge in [-0.15, -0.1) is 0 Å². The number of benzene rings is 1. The lowest BCUT2D eigenvalue weighted by atomic mass is 9.99. The molecule has 2 rings (SSSR count). The molecule has 5 heteroatoms. The maximum absolute atomic E-state index is 12.2. The van der Waals surface area contributed by atoms with Gasteiger partial charge < -0.3 is 15.1 Å². The van der Waals surface area contributed by atoms with E-state index in [1.807, 2.05) is 33.2 Å². The van der Waals surface area contributed by atoms with Gasteiger partial charge in [0.2, 0.25) is 5.60 Å². The molecule has 0 spiro atoms.